The van der Waals surface area contributed by atoms with Crippen LogP contribution in [0.25, 0.3) is 0 Å². The molecule has 0 saturated carbocycles. The molecule has 0 aliphatic heterocycles. The molecule has 2 amide bonds. The lowest BCUT2D eigenvalue weighted by Crippen LogP contribution is -2.51. The third kappa shape index (κ3) is 8.47. The Kier molecular flexibility index (Phi) is 11.4. The van der Waals surface area contributed by atoms with E-state index >= 15 is 0 Å². The van der Waals surface area contributed by atoms with Crippen LogP contribution in [0.4, 0.5) is 0 Å². The van der Waals surface area contributed by atoms with Crippen LogP contribution in [0.1, 0.15) is 52.0 Å². The predicted molar refractivity (Wildman–Crippen MR) is 139 cm³/mol. The molecule has 0 aliphatic rings. The number of rotatable bonds is 14. The van der Waals surface area contributed by atoms with Gasteiger partial charge < -0.3 is 10.2 Å². The molecular formula is C27H39N3O4S. The smallest absolute Gasteiger partial charge is 0.243 e. The van der Waals surface area contributed by atoms with Crippen molar-refractivity contribution >= 4 is 21.8 Å². The maximum atomic E-state index is 13.3. The highest BCUT2D eigenvalue weighted by molar-refractivity contribution is 7.89. The lowest BCUT2D eigenvalue weighted by atomic mass is 10.1. The van der Waals surface area contributed by atoms with Gasteiger partial charge >= 0.3 is 0 Å². The molecular weight excluding hydrogens is 462 g/mol. The van der Waals surface area contributed by atoms with Crippen molar-refractivity contribution in [2.24, 2.45) is 0 Å². The summed E-state index contributed by atoms with van der Waals surface area (Å²) in [4.78, 5) is 28.2. The first-order valence-corrected chi connectivity index (χ1v) is 13.8. The average Bonchev–Trinajstić information content (AvgIpc) is 2.87. The number of hydrogen-bond donors (Lipinski definition) is 1. The summed E-state index contributed by atoms with van der Waals surface area (Å²) in [5, 5.41) is 3.01. The van der Waals surface area contributed by atoms with Gasteiger partial charge in [-0.25, -0.2) is 12.7 Å². The van der Waals surface area contributed by atoms with E-state index in [0.717, 1.165) is 12.0 Å². The fraction of sp³-hybridized carbons (Fsp3) is 0.481. The highest BCUT2D eigenvalue weighted by Crippen LogP contribution is 2.16. The first-order valence-electron chi connectivity index (χ1n) is 12.4. The summed E-state index contributed by atoms with van der Waals surface area (Å²) in [6.07, 6.45) is 2.48. The van der Waals surface area contributed by atoms with Crippen LogP contribution < -0.4 is 5.32 Å². The van der Waals surface area contributed by atoms with Crippen molar-refractivity contribution in [3.05, 3.63) is 66.2 Å². The number of nitrogens with zero attached hydrogens (tertiary/aromatic N) is 2. The zero-order valence-corrected chi connectivity index (χ0v) is 22.1. The van der Waals surface area contributed by atoms with Gasteiger partial charge in [0.1, 0.15) is 6.04 Å². The van der Waals surface area contributed by atoms with Gasteiger partial charge in [-0.1, -0.05) is 62.4 Å². The molecule has 0 saturated heterocycles. The predicted octanol–water partition coefficient (Wildman–Crippen LogP) is 3.85. The number of sulfonamides is 1. The minimum absolute atomic E-state index is 0.0273. The number of hydrogen-bond acceptors (Lipinski definition) is 4. The largest absolute Gasteiger partial charge is 0.352 e. The average molecular weight is 502 g/mol. The van der Waals surface area contributed by atoms with E-state index in [1.165, 1.54) is 11.4 Å². The first-order chi connectivity index (χ1) is 16.7. The summed E-state index contributed by atoms with van der Waals surface area (Å²) in [5.74, 6) is -0.287. The maximum absolute atomic E-state index is 13.3. The SMILES string of the molecule is CCC(C)NC(=O)C(CC)N(CCc1ccccc1)C(=O)CCCN(C)S(=O)(=O)c1ccccc1. The quantitative estimate of drug-likeness (QED) is 0.426. The number of nitrogens with one attached hydrogen (secondary N) is 1. The standard InChI is InChI=1S/C27H39N3O4S/c1-5-22(3)28-27(32)25(6-2)30(21-19-23-14-9-7-10-15-23)26(31)18-13-20-29(4)35(33,34)24-16-11-8-12-17-24/h7-12,14-17,22,25H,5-6,13,18-21H2,1-4H3,(H,28,32). The molecule has 192 valence electrons. The van der Waals surface area contributed by atoms with Crippen molar-refractivity contribution in [1.29, 1.82) is 0 Å². The third-order valence-electron chi connectivity index (χ3n) is 6.19. The van der Waals surface area contributed by atoms with E-state index in [1.54, 1.807) is 35.2 Å². The van der Waals surface area contributed by atoms with E-state index in [4.69, 9.17) is 0 Å². The van der Waals surface area contributed by atoms with E-state index in [0.29, 0.717) is 25.8 Å². The Bertz CT molecular complexity index is 1030. The molecule has 2 atom stereocenters. The van der Waals surface area contributed by atoms with Gasteiger partial charge in [-0.2, -0.15) is 0 Å². The Morgan fingerprint density at radius 3 is 2.09 bits per heavy atom. The van der Waals surface area contributed by atoms with Crippen LogP contribution in [0.15, 0.2) is 65.6 Å². The Hall–Kier alpha value is -2.71. The second kappa shape index (κ2) is 14.0. The molecule has 2 aromatic rings. The molecule has 0 spiro atoms. The molecule has 0 radical (unpaired) electrons. The van der Waals surface area contributed by atoms with E-state index in [-0.39, 0.29) is 35.7 Å². The van der Waals surface area contributed by atoms with Crippen LogP contribution in [-0.4, -0.2) is 61.7 Å². The molecule has 2 rings (SSSR count). The maximum Gasteiger partial charge on any atom is 0.243 e. The van der Waals surface area contributed by atoms with Gasteiger partial charge in [0, 0.05) is 32.6 Å². The molecule has 0 fully saturated rings. The number of carbonyl (C=O) groups is 2. The number of benzene rings is 2. The van der Waals surface area contributed by atoms with E-state index in [9.17, 15) is 18.0 Å². The second-order valence-corrected chi connectivity index (χ2v) is 10.9. The van der Waals surface area contributed by atoms with Gasteiger partial charge in [-0.05, 0) is 50.3 Å². The van der Waals surface area contributed by atoms with Gasteiger partial charge in [-0.3, -0.25) is 9.59 Å². The van der Waals surface area contributed by atoms with Gasteiger partial charge in [0.2, 0.25) is 21.8 Å². The van der Waals surface area contributed by atoms with Crippen molar-refractivity contribution in [2.75, 3.05) is 20.1 Å². The van der Waals surface area contributed by atoms with Crippen LogP contribution in [0.3, 0.4) is 0 Å². The van der Waals surface area contributed by atoms with E-state index in [2.05, 4.69) is 5.32 Å². The fourth-order valence-electron chi connectivity index (χ4n) is 3.83. The monoisotopic (exact) mass is 501 g/mol. The highest BCUT2D eigenvalue weighted by atomic mass is 32.2. The summed E-state index contributed by atoms with van der Waals surface area (Å²) < 4.78 is 26.8. The molecule has 8 heteroatoms. The van der Waals surface area contributed by atoms with Crippen molar-refractivity contribution in [1.82, 2.24) is 14.5 Å². The lowest BCUT2D eigenvalue weighted by molar-refractivity contribution is -0.141. The fourth-order valence-corrected chi connectivity index (χ4v) is 5.06. The van der Waals surface area contributed by atoms with E-state index in [1.807, 2.05) is 51.1 Å². The minimum atomic E-state index is -3.61. The third-order valence-corrected chi connectivity index (χ3v) is 8.06. The Morgan fingerprint density at radius 2 is 1.51 bits per heavy atom. The van der Waals surface area contributed by atoms with Gasteiger partial charge in [-0.15, -0.1) is 0 Å². The Morgan fingerprint density at radius 1 is 0.914 bits per heavy atom. The molecule has 35 heavy (non-hydrogen) atoms. The lowest BCUT2D eigenvalue weighted by Gasteiger charge is -2.31. The van der Waals surface area contributed by atoms with Crippen LogP contribution in [0.5, 0.6) is 0 Å². The van der Waals surface area contributed by atoms with Gasteiger partial charge in [0.05, 0.1) is 4.90 Å². The number of amides is 2. The topological polar surface area (TPSA) is 86.8 Å². The first kappa shape index (κ1) is 28.5. The van der Waals surface area contributed by atoms with E-state index < -0.39 is 16.1 Å². The van der Waals surface area contributed by atoms with Crippen molar-refractivity contribution in [2.45, 2.75) is 69.9 Å². The molecule has 2 unspecified atom stereocenters. The zero-order chi connectivity index (χ0) is 25.8. The summed E-state index contributed by atoms with van der Waals surface area (Å²) in [7, 11) is -2.09. The molecule has 2 aromatic carbocycles. The second-order valence-electron chi connectivity index (χ2n) is 8.81. The normalized spacial score (nSPS) is 13.3. The van der Waals surface area contributed by atoms with Crippen molar-refractivity contribution in [3.63, 3.8) is 0 Å². The number of carbonyl (C=O) groups excluding carboxylic acids is 2. The van der Waals surface area contributed by atoms with Crippen LogP contribution in [0, 0.1) is 0 Å². The molecule has 0 heterocycles. The molecule has 0 bridgehead atoms. The minimum Gasteiger partial charge on any atom is -0.352 e. The molecule has 0 aromatic heterocycles. The Labute approximate surface area is 210 Å². The molecule has 1 N–H and O–H groups in total. The van der Waals surface area contributed by atoms with Crippen molar-refractivity contribution in [3.8, 4) is 0 Å². The zero-order valence-electron chi connectivity index (χ0n) is 21.3. The van der Waals surface area contributed by atoms with Crippen LogP contribution in [-0.2, 0) is 26.0 Å². The summed E-state index contributed by atoms with van der Waals surface area (Å²) in [6, 6.07) is 17.6. The summed E-state index contributed by atoms with van der Waals surface area (Å²) in [5.41, 5.74) is 1.09. The summed E-state index contributed by atoms with van der Waals surface area (Å²) >= 11 is 0. The van der Waals surface area contributed by atoms with Gasteiger partial charge in [0.15, 0.2) is 0 Å². The van der Waals surface area contributed by atoms with Crippen LogP contribution >= 0.6 is 0 Å². The molecule has 0 aliphatic carbocycles. The van der Waals surface area contributed by atoms with Crippen LogP contribution in [0.2, 0.25) is 0 Å². The highest BCUT2D eigenvalue weighted by Gasteiger charge is 2.29. The van der Waals surface area contributed by atoms with Gasteiger partial charge in [0.25, 0.3) is 0 Å². The Balaban J connectivity index is 2.08. The van der Waals surface area contributed by atoms with Crippen molar-refractivity contribution < 1.29 is 18.0 Å². The summed E-state index contributed by atoms with van der Waals surface area (Å²) in [6.45, 7) is 6.50. The molecule has 7 nitrogen and oxygen atoms in total.